The van der Waals surface area contributed by atoms with Crippen LogP contribution in [0.3, 0.4) is 0 Å². The largest absolute Gasteiger partial charge is 0.486 e. The number of hydrogen-bond acceptors (Lipinski definition) is 5. The highest BCUT2D eigenvalue weighted by molar-refractivity contribution is 5.78. The zero-order valence-electron chi connectivity index (χ0n) is 15.3. The van der Waals surface area contributed by atoms with Crippen LogP contribution in [0.2, 0.25) is 0 Å². The first kappa shape index (κ1) is 20.1. The molecule has 1 aliphatic heterocycles. The number of ether oxygens (including phenoxy) is 2. The smallest absolute Gasteiger partial charge is 0.406 e. The minimum absolute atomic E-state index is 0.244. The molecule has 0 saturated heterocycles. The maximum Gasteiger partial charge on any atom is 0.406 e. The van der Waals surface area contributed by atoms with Gasteiger partial charge in [-0.15, -0.1) is 0 Å². The van der Waals surface area contributed by atoms with E-state index < -0.39 is 18.6 Å². The van der Waals surface area contributed by atoms with Gasteiger partial charge in [0, 0.05) is 6.04 Å². The summed E-state index contributed by atoms with van der Waals surface area (Å²) in [6, 6.07) is 8.22. The molecule has 1 aliphatic rings. The van der Waals surface area contributed by atoms with Gasteiger partial charge < -0.3 is 24.1 Å². The average Bonchev–Trinajstić information content (AvgIpc) is 3.17. The van der Waals surface area contributed by atoms with E-state index in [1.54, 1.807) is 18.2 Å². The molecule has 6 nitrogen and oxygen atoms in total. The average molecular weight is 398 g/mol. The molecule has 1 N–H and O–H groups in total. The molecule has 3 rings (SSSR count). The zero-order valence-corrected chi connectivity index (χ0v) is 15.3. The summed E-state index contributed by atoms with van der Waals surface area (Å²) in [6.45, 7) is 0.930. The van der Waals surface area contributed by atoms with Gasteiger partial charge in [-0.3, -0.25) is 4.79 Å². The molecular weight excluding hydrogens is 377 g/mol. The lowest BCUT2D eigenvalue weighted by molar-refractivity contribution is -0.162. The molecule has 0 fully saturated rings. The molecular formula is C19H21F3N2O4. The fourth-order valence-electron chi connectivity index (χ4n) is 2.84. The summed E-state index contributed by atoms with van der Waals surface area (Å²) in [5, 5.41) is 2.97. The molecule has 2 aromatic rings. The Hall–Kier alpha value is -2.68. The van der Waals surface area contributed by atoms with Gasteiger partial charge in [0.1, 0.15) is 25.5 Å². The highest BCUT2D eigenvalue weighted by Gasteiger charge is 2.33. The number of hydrogen-bond donors (Lipinski definition) is 1. The third-order valence-corrected chi connectivity index (χ3v) is 4.28. The monoisotopic (exact) mass is 398 g/mol. The number of nitrogens with zero attached hydrogens (tertiary/aromatic N) is 1. The molecule has 1 atom stereocenters. The minimum atomic E-state index is -4.50. The predicted molar refractivity (Wildman–Crippen MR) is 94.0 cm³/mol. The Bertz CT molecular complexity index is 793. The van der Waals surface area contributed by atoms with Crippen molar-refractivity contribution in [2.45, 2.75) is 25.7 Å². The van der Waals surface area contributed by atoms with Crippen molar-refractivity contribution in [3.8, 4) is 11.5 Å². The van der Waals surface area contributed by atoms with Crippen molar-refractivity contribution >= 4 is 5.91 Å². The Kier molecular flexibility index (Phi) is 6.13. The Morgan fingerprint density at radius 2 is 1.96 bits per heavy atom. The normalized spacial score (nSPS) is 14.6. The Morgan fingerprint density at radius 3 is 2.64 bits per heavy atom. The van der Waals surface area contributed by atoms with E-state index in [-0.39, 0.29) is 24.9 Å². The third kappa shape index (κ3) is 5.41. The van der Waals surface area contributed by atoms with Crippen molar-refractivity contribution in [2.24, 2.45) is 0 Å². The van der Waals surface area contributed by atoms with Gasteiger partial charge in [-0.05, 0) is 36.8 Å². The van der Waals surface area contributed by atoms with Crippen LogP contribution in [0.4, 0.5) is 13.2 Å². The number of nitrogens with one attached hydrogen (secondary N) is 1. The molecule has 1 aromatic carbocycles. The van der Waals surface area contributed by atoms with E-state index in [1.165, 1.54) is 12.3 Å². The van der Waals surface area contributed by atoms with Gasteiger partial charge in [0.15, 0.2) is 11.5 Å². The van der Waals surface area contributed by atoms with E-state index in [2.05, 4.69) is 5.32 Å². The fourth-order valence-corrected chi connectivity index (χ4v) is 2.84. The van der Waals surface area contributed by atoms with Crippen molar-refractivity contribution < 1.29 is 31.9 Å². The first-order valence-electron chi connectivity index (χ1n) is 8.81. The van der Waals surface area contributed by atoms with Crippen LogP contribution in [0.5, 0.6) is 11.5 Å². The van der Waals surface area contributed by atoms with Crippen molar-refractivity contribution in [3.63, 3.8) is 0 Å². The van der Waals surface area contributed by atoms with E-state index in [0.29, 0.717) is 24.7 Å². The third-order valence-electron chi connectivity index (χ3n) is 4.28. The summed E-state index contributed by atoms with van der Waals surface area (Å²) in [6.07, 6.45) is -3.14. The van der Waals surface area contributed by atoms with Crippen molar-refractivity contribution in [1.82, 2.24) is 10.2 Å². The molecule has 2 heterocycles. The van der Waals surface area contributed by atoms with Gasteiger partial charge in [0.2, 0.25) is 5.91 Å². The lowest BCUT2D eigenvalue weighted by atomic mass is 10.1. The molecule has 9 heteroatoms. The number of halogens is 3. The maximum absolute atomic E-state index is 12.8. The molecule has 1 unspecified atom stereocenters. The van der Waals surface area contributed by atoms with Crippen LogP contribution in [-0.4, -0.2) is 43.3 Å². The number of carbonyl (C=O) groups is 1. The van der Waals surface area contributed by atoms with Crippen LogP contribution in [0.1, 0.15) is 24.3 Å². The number of fused-ring (bicyclic) bond motifs is 1. The second kappa shape index (κ2) is 8.55. The van der Waals surface area contributed by atoms with Crippen molar-refractivity contribution in [1.29, 1.82) is 0 Å². The molecule has 0 bridgehead atoms. The van der Waals surface area contributed by atoms with E-state index in [1.807, 2.05) is 13.0 Å². The second-order valence-electron chi connectivity index (χ2n) is 6.45. The van der Waals surface area contributed by atoms with Gasteiger partial charge in [0.25, 0.3) is 0 Å². The van der Waals surface area contributed by atoms with E-state index in [9.17, 15) is 18.0 Å². The Labute approximate surface area is 160 Å². The summed E-state index contributed by atoms with van der Waals surface area (Å²) in [4.78, 5) is 13.1. The highest BCUT2D eigenvalue weighted by Crippen LogP contribution is 2.32. The first-order chi connectivity index (χ1) is 13.3. The first-order valence-corrected chi connectivity index (χ1v) is 8.81. The number of carbonyl (C=O) groups excluding carboxylic acids is 1. The summed E-state index contributed by atoms with van der Waals surface area (Å²) in [5.74, 6) is 0.879. The molecule has 28 heavy (non-hydrogen) atoms. The molecule has 1 amide bonds. The lowest BCUT2D eigenvalue weighted by Crippen LogP contribution is -2.43. The van der Waals surface area contributed by atoms with Crippen LogP contribution in [0.15, 0.2) is 41.0 Å². The van der Waals surface area contributed by atoms with Crippen molar-refractivity contribution in [3.05, 3.63) is 47.9 Å². The quantitative estimate of drug-likeness (QED) is 0.776. The van der Waals surface area contributed by atoms with Crippen LogP contribution in [0.25, 0.3) is 0 Å². The summed E-state index contributed by atoms with van der Waals surface area (Å²) in [7, 11) is 0. The number of alkyl halides is 3. The number of rotatable bonds is 7. The van der Waals surface area contributed by atoms with E-state index in [4.69, 9.17) is 13.9 Å². The highest BCUT2D eigenvalue weighted by atomic mass is 19.4. The fraction of sp³-hybridized carbons (Fsp3) is 0.421. The molecule has 0 saturated carbocycles. The van der Waals surface area contributed by atoms with Gasteiger partial charge in [-0.25, -0.2) is 0 Å². The topological polar surface area (TPSA) is 63.9 Å². The minimum Gasteiger partial charge on any atom is -0.486 e. The predicted octanol–water partition coefficient (Wildman–Crippen LogP) is 3.29. The number of benzene rings is 1. The molecule has 0 aliphatic carbocycles. The second-order valence-corrected chi connectivity index (χ2v) is 6.45. The van der Waals surface area contributed by atoms with Crippen LogP contribution in [-0.2, 0) is 11.3 Å². The van der Waals surface area contributed by atoms with E-state index >= 15 is 0 Å². The van der Waals surface area contributed by atoms with Gasteiger partial charge in [-0.1, -0.05) is 6.07 Å². The van der Waals surface area contributed by atoms with Gasteiger partial charge in [0.05, 0.1) is 19.4 Å². The zero-order chi connectivity index (χ0) is 20.1. The van der Waals surface area contributed by atoms with Crippen molar-refractivity contribution in [2.75, 3.05) is 26.3 Å². The Morgan fingerprint density at radius 1 is 1.21 bits per heavy atom. The van der Waals surface area contributed by atoms with E-state index in [0.717, 1.165) is 10.5 Å². The molecule has 0 spiro atoms. The SMILES string of the molecule is CC(NCC(=O)N(Cc1ccco1)CC(F)(F)F)c1ccc2c(c1)OCCO2. The Balaban J connectivity index is 1.61. The lowest BCUT2D eigenvalue weighted by Gasteiger charge is -2.25. The van der Waals surface area contributed by atoms with Crippen LogP contribution < -0.4 is 14.8 Å². The molecule has 0 radical (unpaired) electrons. The van der Waals surface area contributed by atoms with Gasteiger partial charge >= 0.3 is 6.18 Å². The summed E-state index contributed by atoms with van der Waals surface area (Å²) >= 11 is 0. The molecule has 1 aromatic heterocycles. The standard InChI is InChI=1S/C19H21F3N2O4/c1-13(14-4-5-16-17(9-14)28-8-7-27-16)23-10-18(25)24(12-19(20,21)22)11-15-3-2-6-26-15/h2-6,9,13,23H,7-8,10-12H2,1H3. The summed E-state index contributed by atoms with van der Waals surface area (Å²) < 4.78 is 54.6. The maximum atomic E-state index is 12.8. The number of furan rings is 1. The van der Waals surface area contributed by atoms with Crippen LogP contribution >= 0.6 is 0 Å². The molecule has 152 valence electrons. The number of amides is 1. The summed E-state index contributed by atoms with van der Waals surface area (Å²) in [5.41, 5.74) is 0.838. The van der Waals surface area contributed by atoms with Crippen LogP contribution in [0, 0.1) is 0 Å². The van der Waals surface area contributed by atoms with Gasteiger partial charge in [-0.2, -0.15) is 13.2 Å².